The highest BCUT2D eigenvalue weighted by molar-refractivity contribution is 6.76. The predicted octanol–water partition coefficient (Wildman–Crippen LogP) is 6.40. The Morgan fingerprint density at radius 2 is 1.42 bits per heavy atom. The second-order valence-electron chi connectivity index (χ2n) is 12.6. The molecule has 1 aromatic carbocycles. The van der Waals surface area contributed by atoms with E-state index in [2.05, 4.69) is 10.0 Å². The first kappa shape index (κ1) is 48.7. The number of fused-ring (bicyclic) bond motifs is 1. The number of hydrogen-bond acceptors (Lipinski definition) is 16. The molecule has 3 fully saturated rings. The highest BCUT2D eigenvalue weighted by Crippen LogP contribution is 2.41. The second-order valence-corrected chi connectivity index (χ2v) is 17.2. The Bertz CT molecular complexity index is 1660. The van der Waals surface area contributed by atoms with Crippen LogP contribution in [0.5, 0.6) is 0 Å². The van der Waals surface area contributed by atoms with E-state index in [1.54, 1.807) is 30.3 Å². The average Bonchev–Trinajstić information content (AvgIpc) is 3.10. The molecule has 0 aliphatic carbocycles. The summed E-state index contributed by atoms with van der Waals surface area (Å²) in [6.07, 6.45) is -11.8. The van der Waals surface area contributed by atoms with Crippen LogP contribution in [0.4, 0.5) is 0 Å². The fraction of sp³-hybridized carbons (Fsp3) is 0.636. The highest BCUT2D eigenvalue weighted by atomic mass is 35.6. The monoisotopic (exact) mass is 923 g/mol. The fourth-order valence-electron chi connectivity index (χ4n) is 5.76. The number of ketones is 1. The van der Waals surface area contributed by atoms with Crippen molar-refractivity contribution in [2.24, 2.45) is 11.0 Å². The molecule has 0 spiro atoms. The van der Waals surface area contributed by atoms with Gasteiger partial charge < -0.3 is 52.8 Å². The molecule has 18 nitrogen and oxygen atoms in total. The Kier molecular flexibility index (Phi) is 18.4. The second kappa shape index (κ2) is 21.5. The largest absolute Gasteiger partial charge is 0.463 e. The number of alkyl halides is 6. The minimum absolute atomic E-state index is 0.0394. The van der Waals surface area contributed by atoms with Crippen LogP contribution >= 0.6 is 69.6 Å². The molecule has 0 bridgehead atoms. The number of nitrogens with zero attached hydrogens (tertiary/aromatic N) is 3. The summed E-state index contributed by atoms with van der Waals surface area (Å²) < 4.78 is 49.0. The van der Waals surface area contributed by atoms with Gasteiger partial charge in [0.25, 0.3) is 3.79 Å². The maximum atomic E-state index is 12.6. The van der Waals surface area contributed by atoms with E-state index >= 15 is 0 Å². The lowest BCUT2D eigenvalue weighted by atomic mass is 9.86. The van der Waals surface area contributed by atoms with Crippen molar-refractivity contribution in [1.29, 1.82) is 10.8 Å². The molecule has 0 radical (unpaired) electrons. The van der Waals surface area contributed by atoms with Gasteiger partial charge in [-0.3, -0.25) is 19.8 Å². The van der Waals surface area contributed by atoms with Crippen molar-refractivity contribution in [2.75, 3.05) is 13.2 Å². The summed E-state index contributed by atoms with van der Waals surface area (Å²) in [6.45, 7) is 5.49. The number of rotatable bonds is 11. The van der Waals surface area contributed by atoms with E-state index in [4.69, 9.17) is 123 Å². The zero-order valence-electron chi connectivity index (χ0n) is 30.8. The van der Waals surface area contributed by atoms with Gasteiger partial charge in [0.2, 0.25) is 16.0 Å². The summed E-state index contributed by atoms with van der Waals surface area (Å²) in [4.78, 5) is 51.9. The van der Waals surface area contributed by atoms with Gasteiger partial charge in [-0.25, -0.2) is 0 Å². The zero-order valence-corrected chi connectivity index (χ0v) is 35.3. The quantitative estimate of drug-likeness (QED) is 0.0357. The average molecular weight is 926 g/mol. The Balaban J connectivity index is 0.00000113. The number of carbonyl (C=O) groups excluding carboxylic acids is 4. The molecule has 3 saturated heterocycles. The Hall–Kier alpha value is -2.71. The third kappa shape index (κ3) is 14.5. The molecule has 2 N–H and O–H groups in total. The van der Waals surface area contributed by atoms with Crippen molar-refractivity contribution in [3.8, 4) is 0 Å². The van der Waals surface area contributed by atoms with Crippen molar-refractivity contribution < 1.29 is 61.8 Å². The van der Waals surface area contributed by atoms with Crippen LogP contribution in [0.2, 0.25) is 0 Å². The number of esters is 3. The van der Waals surface area contributed by atoms with Gasteiger partial charge in [0.1, 0.15) is 49.0 Å². The van der Waals surface area contributed by atoms with Gasteiger partial charge in [-0.15, -0.1) is 0 Å². The number of nitrogens with one attached hydrogen (secondary N) is 2. The summed E-state index contributed by atoms with van der Waals surface area (Å²) in [6, 6.07) is 7.39. The standard InChI is InChI=1S/C30H35Cl3N4O13.C3H4Cl3N/c1-13(38)10-18-22(44-15(3)40)23(45-16(4)41)19(11-42-14(2)39)46-27(18)49-25-21(36-37-35)28(50-29(34)30(31,32)33)47-20-12-43-26(48-24(20)25)17-8-6-5-7-9-17;1-2(7)3(4,5)6/h5-9,18-28,34H,10-12H2,1-4H3;7H,1H3/t18?,19?,20?,21?,22-,23+,24+,25-,26?,27+,28-;/m1./s1. The van der Waals surface area contributed by atoms with E-state index in [1.165, 1.54) is 13.8 Å². The molecular weight excluding hydrogens is 887 g/mol. The smallest absolute Gasteiger partial charge is 0.303 e. The van der Waals surface area contributed by atoms with Crippen LogP contribution in [0, 0.1) is 16.7 Å². The Morgan fingerprint density at radius 1 is 0.825 bits per heavy atom. The normalized spacial score (nSPS) is 29.8. The van der Waals surface area contributed by atoms with Crippen molar-refractivity contribution in [2.45, 2.75) is 110 Å². The molecule has 3 heterocycles. The number of carbonyl (C=O) groups is 4. The van der Waals surface area contributed by atoms with Gasteiger partial charge in [0, 0.05) is 37.7 Å². The fourth-order valence-corrected chi connectivity index (χ4v) is 5.90. The SMILES string of the molecule is CC(=N)C(Cl)(Cl)Cl.CC(=O)CC1[C@H](O[C@@H]2C(N=[N+]=[N-])[C@@H](OC(=N)C(Cl)(Cl)Cl)OC3COC(c4ccccc4)O[C@@H]32)OC(COC(C)=O)[C@H](OC(C)=O)[C@@H]1OC(C)=O. The number of halogens is 6. The number of ether oxygens (including phenoxy) is 9. The van der Waals surface area contributed by atoms with Gasteiger partial charge in [0.05, 0.1) is 18.2 Å². The molecule has 3 aliphatic rings. The third-order valence-corrected chi connectivity index (χ3v) is 9.49. The Morgan fingerprint density at radius 3 is 1.93 bits per heavy atom. The third-order valence-electron chi connectivity index (χ3n) is 8.12. The summed E-state index contributed by atoms with van der Waals surface area (Å²) in [5, 5.41) is 18.7. The van der Waals surface area contributed by atoms with Gasteiger partial charge in [-0.2, -0.15) is 0 Å². The lowest BCUT2D eigenvalue weighted by molar-refractivity contribution is -0.367. The minimum atomic E-state index is -2.33. The molecule has 0 aromatic heterocycles. The topological polar surface area (TPSA) is 248 Å². The molecule has 316 valence electrons. The lowest BCUT2D eigenvalue weighted by Crippen LogP contribution is -2.66. The first-order valence-electron chi connectivity index (χ1n) is 16.8. The van der Waals surface area contributed by atoms with E-state index in [1.807, 2.05) is 0 Å². The first-order valence-corrected chi connectivity index (χ1v) is 19.0. The van der Waals surface area contributed by atoms with Crippen molar-refractivity contribution in [1.82, 2.24) is 0 Å². The molecule has 0 saturated carbocycles. The van der Waals surface area contributed by atoms with Crippen LogP contribution < -0.4 is 0 Å². The number of Topliss-reactive ketones (excluding diaryl/α,β-unsaturated/α-hetero) is 1. The number of hydrogen-bond donors (Lipinski definition) is 2. The number of azide groups is 1. The van der Waals surface area contributed by atoms with E-state index in [0.717, 1.165) is 20.8 Å². The number of benzene rings is 1. The van der Waals surface area contributed by atoms with Crippen LogP contribution in [0.15, 0.2) is 35.4 Å². The minimum Gasteiger partial charge on any atom is -0.463 e. The molecule has 57 heavy (non-hydrogen) atoms. The molecular formula is C33H39Cl6N5O13. The van der Waals surface area contributed by atoms with Gasteiger partial charge >= 0.3 is 17.9 Å². The van der Waals surface area contributed by atoms with Crippen LogP contribution in [-0.4, -0.2) is 111 Å². The molecule has 1 aromatic rings. The van der Waals surface area contributed by atoms with Crippen molar-refractivity contribution in [3.05, 3.63) is 46.3 Å². The lowest BCUT2D eigenvalue weighted by Gasteiger charge is -2.51. The van der Waals surface area contributed by atoms with Gasteiger partial charge in [-0.05, 0) is 19.4 Å². The summed E-state index contributed by atoms with van der Waals surface area (Å²) in [5.74, 6) is -4.67. The molecule has 24 heteroatoms. The summed E-state index contributed by atoms with van der Waals surface area (Å²) in [7, 11) is 0. The van der Waals surface area contributed by atoms with E-state index in [0.29, 0.717) is 5.56 Å². The van der Waals surface area contributed by atoms with Gasteiger partial charge in [-0.1, -0.05) is 105 Å². The molecule has 4 rings (SSSR count). The van der Waals surface area contributed by atoms with E-state index in [9.17, 15) is 24.7 Å². The summed E-state index contributed by atoms with van der Waals surface area (Å²) >= 11 is 33.1. The molecule has 0 amide bonds. The van der Waals surface area contributed by atoms with Crippen molar-refractivity contribution in [3.63, 3.8) is 0 Å². The van der Waals surface area contributed by atoms with E-state index < -0.39 is 105 Å². The maximum absolute atomic E-state index is 12.6. The van der Waals surface area contributed by atoms with E-state index in [-0.39, 0.29) is 24.5 Å². The van der Waals surface area contributed by atoms with Gasteiger partial charge in [0.15, 0.2) is 18.7 Å². The highest BCUT2D eigenvalue weighted by Gasteiger charge is 2.57. The maximum Gasteiger partial charge on any atom is 0.303 e. The molecule has 3 aliphatic heterocycles. The predicted molar refractivity (Wildman–Crippen MR) is 204 cm³/mol. The van der Waals surface area contributed by atoms with Crippen LogP contribution in [0.1, 0.15) is 52.9 Å². The first-order chi connectivity index (χ1) is 26.5. The molecule has 5 unspecified atom stereocenters. The Labute approximate surface area is 356 Å². The zero-order chi connectivity index (χ0) is 42.8. The van der Waals surface area contributed by atoms with Crippen LogP contribution in [-0.2, 0) is 61.8 Å². The van der Waals surface area contributed by atoms with Crippen LogP contribution in [0.3, 0.4) is 0 Å². The van der Waals surface area contributed by atoms with Crippen LogP contribution in [0.25, 0.3) is 10.4 Å². The van der Waals surface area contributed by atoms with Crippen molar-refractivity contribution >= 4 is 105 Å². The molecule has 11 atom stereocenters. The summed E-state index contributed by atoms with van der Waals surface area (Å²) in [5.41, 5.74) is 10.3.